The highest BCUT2D eigenvalue weighted by Crippen LogP contribution is 2.40. The average Bonchev–Trinajstić information content (AvgIpc) is 3.13. The number of hydrogen-bond donors (Lipinski definition) is 1. The van der Waals surface area contributed by atoms with E-state index in [0.29, 0.717) is 28.9 Å². The summed E-state index contributed by atoms with van der Waals surface area (Å²) in [5.74, 6) is -0.954. The SMILES string of the molecule is CCc1c2c(nc3ccc(C#N)cc13)-c1cc3c(c(=O)n1C2)COC(=O)C3(O)CCF. The van der Waals surface area contributed by atoms with Gasteiger partial charge in [0.25, 0.3) is 5.56 Å². The fourth-order valence-electron chi connectivity index (χ4n) is 4.67. The minimum absolute atomic E-state index is 0.0882. The summed E-state index contributed by atoms with van der Waals surface area (Å²) in [6.07, 6.45) is 0.183. The maximum Gasteiger partial charge on any atom is 0.343 e. The Bertz CT molecular complexity index is 1390. The van der Waals surface area contributed by atoms with E-state index in [-0.39, 0.29) is 29.8 Å². The summed E-state index contributed by atoms with van der Waals surface area (Å²) in [5, 5.41) is 21.0. The Morgan fingerprint density at radius 3 is 2.84 bits per heavy atom. The van der Waals surface area contributed by atoms with E-state index >= 15 is 0 Å². The van der Waals surface area contributed by atoms with Crippen molar-refractivity contribution in [2.45, 2.75) is 38.5 Å². The molecular weight excluding hydrogens is 401 g/mol. The molecule has 0 saturated carbocycles. The Hall–Kier alpha value is -3.57. The molecule has 3 aromatic rings. The van der Waals surface area contributed by atoms with Gasteiger partial charge in [-0.2, -0.15) is 5.26 Å². The number of aliphatic hydroxyl groups is 1. The molecule has 0 radical (unpaired) electrons. The van der Waals surface area contributed by atoms with Gasteiger partial charge in [0, 0.05) is 22.9 Å². The van der Waals surface area contributed by atoms with E-state index in [0.717, 1.165) is 16.5 Å². The number of hydrogen-bond acceptors (Lipinski definition) is 6. The van der Waals surface area contributed by atoms with E-state index in [1.54, 1.807) is 28.8 Å². The Labute approximate surface area is 176 Å². The highest BCUT2D eigenvalue weighted by Gasteiger charge is 2.46. The predicted molar refractivity (Wildman–Crippen MR) is 109 cm³/mol. The number of ether oxygens (including phenoxy) is 1. The number of pyridine rings is 2. The number of carbonyl (C=O) groups excluding carboxylic acids is 1. The summed E-state index contributed by atoms with van der Waals surface area (Å²) in [6.45, 7) is 1.08. The molecule has 5 rings (SSSR count). The summed E-state index contributed by atoms with van der Waals surface area (Å²) in [6, 6.07) is 8.96. The third-order valence-corrected chi connectivity index (χ3v) is 6.23. The summed E-state index contributed by atoms with van der Waals surface area (Å²) in [4.78, 5) is 30.3. The van der Waals surface area contributed by atoms with E-state index < -0.39 is 24.7 Å². The third kappa shape index (κ3) is 2.56. The molecular formula is C23H18FN3O4. The second-order valence-electron chi connectivity index (χ2n) is 7.80. The van der Waals surface area contributed by atoms with Gasteiger partial charge in [0.05, 0.1) is 47.3 Å². The molecule has 0 spiro atoms. The molecule has 0 bridgehead atoms. The zero-order valence-corrected chi connectivity index (χ0v) is 16.7. The van der Waals surface area contributed by atoms with Gasteiger partial charge in [-0.05, 0) is 36.2 Å². The normalized spacial score (nSPS) is 18.8. The lowest BCUT2D eigenvalue weighted by Crippen LogP contribution is -2.45. The summed E-state index contributed by atoms with van der Waals surface area (Å²) in [5.41, 5.74) is 1.79. The van der Waals surface area contributed by atoms with Crippen LogP contribution in [0.5, 0.6) is 0 Å². The molecule has 4 heterocycles. The number of nitriles is 1. The molecule has 7 nitrogen and oxygen atoms in total. The fraction of sp³-hybridized carbons (Fsp3) is 0.304. The molecule has 0 saturated heterocycles. The Morgan fingerprint density at radius 1 is 1.32 bits per heavy atom. The number of rotatable bonds is 3. The highest BCUT2D eigenvalue weighted by molar-refractivity contribution is 5.89. The van der Waals surface area contributed by atoms with Crippen molar-refractivity contribution in [1.82, 2.24) is 9.55 Å². The molecule has 8 heteroatoms. The molecule has 1 aromatic carbocycles. The lowest BCUT2D eigenvalue weighted by Gasteiger charge is -2.31. The van der Waals surface area contributed by atoms with Gasteiger partial charge in [-0.1, -0.05) is 6.92 Å². The van der Waals surface area contributed by atoms with Crippen LogP contribution in [-0.4, -0.2) is 27.3 Å². The number of aromatic nitrogens is 2. The number of benzene rings is 1. The Balaban J connectivity index is 1.81. The Kier molecular flexibility index (Phi) is 4.21. The van der Waals surface area contributed by atoms with Crippen molar-refractivity contribution in [3.05, 3.63) is 62.4 Å². The van der Waals surface area contributed by atoms with Crippen LogP contribution in [-0.2, 0) is 34.7 Å². The standard InChI is InChI=1S/C23H18FN3O4/c1-2-13-14-7-12(9-25)3-4-18(14)26-20-15(13)10-27-19(20)8-17-16(21(27)28)11-31-22(29)23(17,30)5-6-24/h3-4,7-8,30H,2,5-6,10-11H2,1H3. The van der Waals surface area contributed by atoms with Crippen molar-refractivity contribution in [3.63, 3.8) is 0 Å². The third-order valence-electron chi connectivity index (χ3n) is 6.23. The number of nitrogens with zero attached hydrogens (tertiary/aromatic N) is 3. The van der Waals surface area contributed by atoms with Crippen molar-refractivity contribution in [1.29, 1.82) is 5.26 Å². The van der Waals surface area contributed by atoms with Crippen LogP contribution in [0.25, 0.3) is 22.3 Å². The lowest BCUT2D eigenvalue weighted by atomic mass is 9.85. The molecule has 1 unspecified atom stereocenters. The quantitative estimate of drug-likeness (QED) is 0.512. The molecule has 1 N–H and O–H groups in total. The van der Waals surface area contributed by atoms with Crippen LogP contribution >= 0.6 is 0 Å². The smallest absolute Gasteiger partial charge is 0.343 e. The van der Waals surface area contributed by atoms with Crippen LogP contribution in [0.15, 0.2) is 29.1 Å². The van der Waals surface area contributed by atoms with Crippen molar-refractivity contribution in [2.24, 2.45) is 0 Å². The zero-order valence-electron chi connectivity index (χ0n) is 16.7. The molecule has 1 atom stereocenters. The average molecular weight is 419 g/mol. The zero-order chi connectivity index (χ0) is 21.9. The van der Waals surface area contributed by atoms with Gasteiger partial charge in [-0.25, -0.2) is 9.78 Å². The van der Waals surface area contributed by atoms with Gasteiger partial charge in [-0.3, -0.25) is 9.18 Å². The molecule has 0 amide bonds. The van der Waals surface area contributed by atoms with Crippen LogP contribution in [0.3, 0.4) is 0 Å². The number of esters is 1. The predicted octanol–water partition coefficient (Wildman–Crippen LogP) is 2.46. The van der Waals surface area contributed by atoms with Crippen LogP contribution in [0.1, 0.15) is 41.2 Å². The molecule has 0 aliphatic carbocycles. The molecule has 2 aliphatic heterocycles. The van der Waals surface area contributed by atoms with Crippen molar-refractivity contribution < 1.29 is 19.0 Å². The number of fused-ring (bicyclic) bond motifs is 5. The summed E-state index contributed by atoms with van der Waals surface area (Å²) in [7, 11) is 0. The minimum atomic E-state index is -2.20. The summed E-state index contributed by atoms with van der Waals surface area (Å²) < 4.78 is 19.7. The van der Waals surface area contributed by atoms with Gasteiger partial charge in [-0.15, -0.1) is 0 Å². The van der Waals surface area contributed by atoms with E-state index in [1.165, 1.54) is 0 Å². The molecule has 2 aromatic heterocycles. The second kappa shape index (κ2) is 6.72. The van der Waals surface area contributed by atoms with Crippen LogP contribution in [0, 0.1) is 11.3 Å². The van der Waals surface area contributed by atoms with Crippen LogP contribution in [0.4, 0.5) is 4.39 Å². The van der Waals surface area contributed by atoms with E-state index in [4.69, 9.17) is 9.72 Å². The van der Waals surface area contributed by atoms with Gasteiger partial charge < -0.3 is 14.4 Å². The number of halogens is 1. The second-order valence-corrected chi connectivity index (χ2v) is 7.80. The molecule has 0 fully saturated rings. The van der Waals surface area contributed by atoms with Gasteiger partial charge in [0.1, 0.15) is 6.61 Å². The number of alkyl halides is 1. The first-order valence-corrected chi connectivity index (χ1v) is 10.0. The molecule has 31 heavy (non-hydrogen) atoms. The van der Waals surface area contributed by atoms with E-state index in [1.807, 2.05) is 6.92 Å². The maximum atomic E-state index is 13.3. The number of carbonyl (C=O) groups is 1. The fourth-order valence-corrected chi connectivity index (χ4v) is 4.67. The topological polar surface area (TPSA) is 105 Å². The van der Waals surface area contributed by atoms with Crippen LogP contribution < -0.4 is 5.56 Å². The van der Waals surface area contributed by atoms with Crippen molar-refractivity contribution in [3.8, 4) is 17.5 Å². The number of cyclic esters (lactones) is 1. The Morgan fingerprint density at radius 2 is 2.13 bits per heavy atom. The minimum Gasteiger partial charge on any atom is -0.458 e. The monoisotopic (exact) mass is 419 g/mol. The van der Waals surface area contributed by atoms with E-state index in [9.17, 15) is 24.3 Å². The van der Waals surface area contributed by atoms with Crippen LogP contribution in [0.2, 0.25) is 0 Å². The number of aryl methyl sites for hydroxylation is 1. The maximum absolute atomic E-state index is 13.3. The first-order chi connectivity index (χ1) is 14.9. The molecule has 156 valence electrons. The summed E-state index contributed by atoms with van der Waals surface area (Å²) >= 11 is 0. The largest absolute Gasteiger partial charge is 0.458 e. The van der Waals surface area contributed by atoms with Crippen molar-refractivity contribution in [2.75, 3.05) is 6.67 Å². The first kappa shape index (κ1) is 19.4. The van der Waals surface area contributed by atoms with Gasteiger partial charge in [0.2, 0.25) is 0 Å². The highest BCUT2D eigenvalue weighted by atomic mass is 19.1. The van der Waals surface area contributed by atoms with Gasteiger partial charge in [0.15, 0.2) is 5.60 Å². The van der Waals surface area contributed by atoms with Crippen molar-refractivity contribution >= 4 is 16.9 Å². The van der Waals surface area contributed by atoms with Gasteiger partial charge >= 0.3 is 5.97 Å². The molecule has 2 aliphatic rings. The lowest BCUT2D eigenvalue weighted by molar-refractivity contribution is -0.173. The van der Waals surface area contributed by atoms with E-state index in [2.05, 4.69) is 6.07 Å². The first-order valence-electron chi connectivity index (χ1n) is 10.0.